The number of aromatic amines is 2. The summed E-state index contributed by atoms with van der Waals surface area (Å²) in [7, 11) is 0. The molecule has 16 nitrogen and oxygen atoms in total. The monoisotopic (exact) mass is 584 g/mol. The fraction of sp³-hybridized carbons (Fsp3) is 0.346. The van der Waals surface area contributed by atoms with Crippen LogP contribution in [0.25, 0.3) is 10.9 Å². The molecule has 0 bridgehead atoms. The maximum absolute atomic E-state index is 13.2. The Bertz CT molecular complexity index is 1440. The van der Waals surface area contributed by atoms with Gasteiger partial charge in [-0.25, -0.2) is 9.78 Å². The Morgan fingerprint density at radius 1 is 0.881 bits per heavy atom. The number of amides is 4. The van der Waals surface area contributed by atoms with Crippen LogP contribution < -0.4 is 27.4 Å². The molecule has 0 fully saturated rings. The number of carbonyl (C=O) groups is 6. The molecule has 4 unspecified atom stereocenters. The summed E-state index contributed by atoms with van der Waals surface area (Å²) in [5.41, 5.74) is 12.7. The molecule has 4 atom stereocenters. The Hall–Kier alpha value is -5.25. The smallest absolute Gasteiger partial charge is 0.326 e. The Morgan fingerprint density at radius 3 is 2.19 bits per heavy atom. The number of fused-ring (bicyclic) bond motifs is 1. The maximum atomic E-state index is 13.2. The van der Waals surface area contributed by atoms with Crippen LogP contribution in [-0.4, -0.2) is 84.9 Å². The van der Waals surface area contributed by atoms with Gasteiger partial charge in [0.1, 0.15) is 18.1 Å². The van der Waals surface area contributed by atoms with E-state index in [1.54, 1.807) is 30.5 Å². The first-order valence-electron chi connectivity index (χ1n) is 12.9. The summed E-state index contributed by atoms with van der Waals surface area (Å²) >= 11 is 0. The molecule has 224 valence electrons. The fourth-order valence-electron chi connectivity index (χ4n) is 4.18. The predicted molar refractivity (Wildman–Crippen MR) is 146 cm³/mol. The lowest BCUT2D eigenvalue weighted by atomic mass is 10.0. The van der Waals surface area contributed by atoms with Crippen LogP contribution in [0.3, 0.4) is 0 Å². The number of carboxylic acid groups (broad SMARTS) is 2. The van der Waals surface area contributed by atoms with E-state index in [9.17, 15) is 39.0 Å². The van der Waals surface area contributed by atoms with Gasteiger partial charge < -0.3 is 47.6 Å². The molecule has 0 radical (unpaired) electrons. The molecule has 0 saturated heterocycles. The minimum absolute atomic E-state index is 0.0867. The van der Waals surface area contributed by atoms with Crippen LogP contribution in [0.4, 0.5) is 0 Å². The van der Waals surface area contributed by atoms with Gasteiger partial charge in [-0.05, 0) is 18.1 Å². The molecule has 3 aromatic rings. The van der Waals surface area contributed by atoms with Crippen molar-refractivity contribution >= 4 is 46.5 Å². The number of aliphatic carboxylic acids is 2. The Balaban J connectivity index is 1.75. The first kappa shape index (κ1) is 31.3. The number of aromatic nitrogens is 3. The van der Waals surface area contributed by atoms with Crippen molar-refractivity contribution < 1.29 is 39.0 Å². The lowest BCUT2D eigenvalue weighted by molar-refractivity contribution is -0.143. The zero-order chi connectivity index (χ0) is 30.8. The van der Waals surface area contributed by atoms with E-state index in [1.165, 1.54) is 12.5 Å². The van der Waals surface area contributed by atoms with E-state index in [0.29, 0.717) is 11.3 Å². The van der Waals surface area contributed by atoms with Crippen LogP contribution in [0.1, 0.15) is 30.5 Å². The summed E-state index contributed by atoms with van der Waals surface area (Å²) in [4.78, 5) is 83.2. The summed E-state index contributed by atoms with van der Waals surface area (Å²) in [6, 6.07) is 1.48. The minimum atomic E-state index is -1.69. The second kappa shape index (κ2) is 14.4. The van der Waals surface area contributed by atoms with Crippen molar-refractivity contribution in [2.75, 3.05) is 0 Å². The van der Waals surface area contributed by atoms with Crippen molar-refractivity contribution in [1.29, 1.82) is 0 Å². The van der Waals surface area contributed by atoms with Gasteiger partial charge in [-0.2, -0.15) is 0 Å². The van der Waals surface area contributed by atoms with Gasteiger partial charge in [0.25, 0.3) is 0 Å². The number of nitrogens with one attached hydrogen (secondary N) is 5. The van der Waals surface area contributed by atoms with E-state index in [1.807, 2.05) is 0 Å². The molecule has 0 spiro atoms. The van der Waals surface area contributed by atoms with Gasteiger partial charge in [-0.3, -0.25) is 24.0 Å². The number of H-pyrrole nitrogens is 2. The van der Waals surface area contributed by atoms with Gasteiger partial charge in [0.05, 0.1) is 18.8 Å². The molecule has 11 N–H and O–H groups in total. The zero-order valence-electron chi connectivity index (χ0n) is 22.3. The molecule has 42 heavy (non-hydrogen) atoms. The lowest BCUT2D eigenvalue weighted by Gasteiger charge is -2.24. The highest BCUT2D eigenvalue weighted by Gasteiger charge is 2.32. The average Bonchev–Trinajstić information content (AvgIpc) is 3.60. The Labute approximate surface area is 238 Å². The summed E-state index contributed by atoms with van der Waals surface area (Å²) in [5, 5.41) is 26.9. The number of carbonyl (C=O) groups excluding carboxylic acids is 4. The quantitative estimate of drug-likeness (QED) is 0.0918. The molecule has 2 aromatic heterocycles. The standard InChI is InChI=1S/C26H32N8O8/c27-16(5-6-21(28)35)23(38)32-18(8-14-11-29-12-31-14)24(39)33-19(9-22(36)37)25(40)34-20(26(41)42)7-13-10-30-17-4-2-1-3-15(13)17/h1-4,10-12,16,18-20,30H,5-9,27H2,(H2,28,35)(H,29,31)(H,32,38)(H,33,39)(H,34,40)(H,36,37)(H,41,42). The van der Waals surface area contributed by atoms with E-state index < -0.39 is 66.2 Å². The van der Waals surface area contributed by atoms with Crippen molar-refractivity contribution in [2.24, 2.45) is 11.5 Å². The number of primary amides is 1. The first-order chi connectivity index (χ1) is 19.9. The highest BCUT2D eigenvalue weighted by Crippen LogP contribution is 2.19. The lowest BCUT2D eigenvalue weighted by Crippen LogP contribution is -2.58. The summed E-state index contributed by atoms with van der Waals surface area (Å²) in [5.74, 6) is -6.27. The van der Waals surface area contributed by atoms with E-state index in [0.717, 1.165) is 10.9 Å². The molecular weight excluding hydrogens is 552 g/mol. The van der Waals surface area contributed by atoms with E-state index >= 15 is 0 Å². The van der Waals surface area contributed by atoms with E-state index in [4.69, 9.17) is 11.5 Å². The van der Waals surface area contributed by atoms with E-state index in [-0.39, 0.29) is 25.7 Å². The van der Waals surface area contributed by atoms with Gasteiger partial charge in [0, 0.05) is 48.3 Å². The summed E-state index contributed by atoms with van der Waals surface area (Å²) in [6.45, 7) is 0. The second-order valence-corrected chi connectivity index (χ2v) is 9.58. The van der Waals surface area contributed by atoms with Crippen molar-refractivity contribution in [3.63, 3.8) is 0 Å². The zero-order valence-corrected chi connectivity index (χ0v) is 22.3. The van der Waals surface area contributed by atoms with Crippen LogP contribution in [0.2, 0.25) is 0 Å². The molecule has 4 amide bonds. The van der Waals surface area contributed by atoms with Gasteiger partial charge in [0.15, 0.2) is 0 Å². The van der Waals surface area contributed by atoms with Gasteiger partial charge >= 0.3 is 11.9 Å². The summed E-state index contributed by atoms with van der Waals surface area (Å²) in [6.07, 6.45) is 2.95. The fourth-order valence-corrected chi connectivity index (χ4v) is 4.18. The van der Waals surface area contributed by atoms with Crippen LogP contribution in [0.15, 0.2) is 43.0 Å². The van der Waals surface area contributed by atoms with Crippen LogP contribution in [0.5, 0.6) is 0 Å². The average molecular weight is 585 g/mol. The van der Waals surface area contributed by atoms with Crippen molar-refractivity contribution in [3.05, 3.63) is 54.2 Å². The normalized spacial score (nSPS) is 13.8. The SMILES string of the molecule is NC(=O)CCC(N)C(=O)NC(Cc1cnc[nH]1)C(=O)NC(CC(=O)O)C(=O)NC(Cc1c[nH]c2ccccc12)C(=O)O. The number of imidazole rings is 1. The molecule has 2 heterocycles. The van der Waals surface area contributed by atoms with Crippen molar-refractivity contribution in [1.82, 2.24) is 30.9 Å². The third-order valence-corrected chi connectivity index (χ3v) is 6.38. The minimum Gasteiger partial charge on any atom is -0.481 e. The number of benzene rings is 1. The van der Waals surface area contributed by atoms with Gasteiger partial charge in [-0.1, -0.05) is 18.2 Å². The topological polar surface area (TPSA) is 275 Å². The highest BCUT2D eigenvalue weighted by molar-refractivity contribution is 5.96. The van der Waals surface area contributed by atoms with Gasteiger partial charge in [0.2, 0.25) is 23.6 Å². The van der Waals surface area contributed by atoms with Crippen LogP contribution in [-0.2, 0) is 41.6 Å². The Kier molecular flexibility index (Phi) is 10.7. The van der Waals surface area contributed by atoms with Crippen molar-refractivity contribution in [3.8, 4) is 0 Å². The number of hydrogen-bond donors (Lipinski definition) is 9. The third kappa shape index (κ3) is 8.88. The molecule has 0 saturated carbocycles. The van der Waals surface area contributed by atoms with Crippen molar-refractivity contribution in [2.45, 2.75) is 56.3 Å². The molecule has 0 aliphatic rings. The first-order valence-corrected chi connectivity index (χ1v) is 12.9. The number of nitrogens with two attached hydrogens (primary N) is 2. The molecule has 0 aliphatic carbocycles. The van der Waals surface area contributed by atoms with E-state index in [2.05, 4.69) is 30.9 Å². The predicted octanol–water partition coefficient (Wildman–Crippen LogP) is -1.72. The molecule has 1 aromatic carbocycles. The maximum Gasteiger partial charge on any atom is 0.326 e. The molecular formula is C26H32N8O8. The third-order valence-electron chi connectivity index (χ3n) is 6.38. The number of hydrogen-bond acceptors (Lipinski definition) is 8. The van der Waals surface area contributed by atoms with Crippen LogP contribution in [0, 0.1) is 0 Å². The largest absolute Gasteiger partial charge is 0.481 e. The molecule has 0 aliphatic heterocycles. The van der Waals surface area contributed by atoms with Crippen LogP contribution >= 0.6 is 0 Å². The highest BCUT2D eigenvalue weighted by atomic mass is 16.4. The Morgan fingerprint density at radius 2 is 1.55 bits per heavy atom. The number of rotatable bonds is 16. The van der Waals surface area contributed by atoms with Gasteiger partial charge in [-0.15, -0.1) is 0 Å². The number of carboxylic acids is 2. The number of nitrogens with zero attached hydrogens (tertiary/aromatic N) is 1. The number of para-hydroxylation sites is 1. The molecule has 16 heteroatoms. The molecule has 3 rings (SSSR count). The summed E-state index contributed by atoms with van der Waals surface area (Å²) < 4.78 is 0. The second-order valence-electron chi connectivity index (χ2n) is 9.58.